The Labute approximate surface area is 113 Å². The molecule has 0 atom stereocenters. The van der Waals surface area contributed by atoms with Crippen molar-refractivity contribution in [3.8, 4) is 0 Å². The quantitative estimate of drug-likeness (QED) is 0.809. The lowest BCUT2D eigenvalue weighted by atomic mass is 10.1. The molecule has 0 N–H and O–H groups in total. The molecule has 0 spiro atoms. The normalized spacial score (nSPS) is 10.4. The van der Waals surface area contributed by atoms with Gasteiger partial charge in [-0.25, -0.2) is 4.39 Å². The number of halogens is 2. The highest BCUT2D eigenvalue weighted by atomic mass is 79.9. The molecule has 1 heterocycles. The van der Waals surface area contributed by atoms with Crippen LogP contribution in [0, 0.1) is 12.7 Å². The van der Waals surface area contributed by atoms with E-state index in [0.29, 0.717) is 15.7 Å². The van der Waals surface area contributed by atoms with Gasteiger partial charge in [0.25, 0.3) is 0 Å². The molecular formula is C14H11BrFNO. The third-order valence-electron chi connectivity index (χ3n) is 2.55. The van der Waals surface area contributed by atoms with Crippen molar-refractivity contribution in [2.75, 3.05) is 0 Å². The van der Waals surface area contributed by atoms with Crippen molar-refractivity contribution < 1.29 is 9.18 Å². The van der Waals surface area contributed by atoms with Gasteiger partial charge in [0.05, 0.1) is 6.42 Å². The van der Waals surface area contributed by atoms with Crippen molar-refractivity contribution in [3.63, 3.8) is 0 Å². The number of carbonyl (C=O) groups is 1. The molecule has 0 aliphatic rings. The molecule has 0 saturated heterocycles. The van der Waals surface area contributed by atoms with Gasteiger partial charge in [-0.2, -0.15) is 0 Å². The lowest BCUT2D eigenvalue weighted by molar-refractivity contribution is 0.0991. The molecule has 0 unspecified atom stereocenters. The molecule has 0 aliphatic heterocycles. The molecule has 0 amide bonds. The first-order valence-corrected chi connectivity index (χ1v) is 6.25. The molecule has 4 heteroatoms. The van der Waals surface area contributed by atoms with E-state index in [2.05, 4.69) is 20.9 Å². The zero-order chi connectivity index (χ0) is 13.1. The van der Waals surface area contributed by atoms with Crippen molar-refractivity contribution in [2.45, 2.75) is 13.3 Å². The van der Waals surface area contributed by atoms with Crippen LogP contribution >= 0.6 is 15.9 Å². The minimum Gasteiger partial charge on any atom is -0.294 e. The Hall–Kier alpha value is -1.55. The summed E-state index contributed by atoms with van der Waals surface area (Å²) < 4.78 is 13.4. The monoisotopic (exact) mass is 307 g/mol. The van der Waals surface area contributed by atoms with Crippen LogP contribution in [0.1, 0.15) is 21.6 Å². The number of rotatable bonds is 3. The minimum atomic E-state index is -0.369. The molecule has 2 rings (SSSR count). The SMILES string of the molecule is Cc1ccc(CC(=O)c2ccc(F)cc2Br)nc1. The van der Waals surface area contributed by atoms with Gasteiger partial charge < -0.3 is 0 Å². The van der Waals surface area contributed by atoms with E-state index >= 15 is 0 Å². The summed E-state index contributed by atoms with van der Waals surface area (Å²) in [5.74, 6) is -0.454. The Balaban J connectivity index is 2.19. The fourth-order valence-corrected chi connectivity index (χ4v) is 2.15. The summed E-state index contributed by atoms with van der Waals surface area (Å²) >= 11 is 3.19. The van der Waals surface area contributed by atoms with Crippen LogP contribution in [0.25, 0.3) is 0 Å². The number of Topliss-reactive ketones (excluding diaryl/α,β-unsaturated/α-hetero) is 1. The minimum absolute atomic E-state index is 0.0850. The largest absolute Gasteiger partial charge is 0.294 e. The number of nitrogens with zero attached hydrogens (tertiary/aromatic N) is 1. The molecular weight excluding hydrogens is 297 g/mol. The Morgan fingerprint density at radius 3 is 2.72 bits per heavy atom. The molecule has 0 aliphatic carbocycles. The van der Waals surface area contributed by atoms with E-state index in [-0.39, 0.29) is 18.0 Å². The van der Waals surface area contributed by atoms with Crippen molar-refractivity contribution in [3.05, 3.63) is 63.6 Å². The molecule has 0 fully saturated rings. The average Bonchev–Trinajstić information content (AvgIpc) is 2.32. The van der Waals surface area contributed by atoms with E-state index in [1.165, 1.54) is 18.2 Å². The summed E-state index contributed by atoms with van der Waals surface area (Å²) in [5.41, 5.74) is 2.23. The fourth-order valence-electron chi connectivity index (χ4n) is 1.58. The number of carbonyl (C=O) groups excluding carboxylic acids is 1. The first kappa shape index (κ1) is 12.9. The summed E-state index contributed by atoms with van der Waals surface area (Å²) in [7, 11) is 0. The van der Waals surface area contributed by atoms with Crippen LogP contribution < -0.4 is 0 Å². The van der Waals surface area contributed by atoms with Gasteiger partial charge in [0.2, 0.25) is 0 Å². The van der Waals surface area contributed by atoms with Gasteiger partial charge in [-0.15, -0.1) is 0 Å². The number of pyridine rings is 1. The second kappa shape index (κ2) is 5.40. The molecule has 2 nitrogen and oxygen atoms in total. The van der Waals surface area contributed by atoms with Crippen LogP contribution in [-0.2, 0) is 6.42 Å². The number of aryl methyl sites for hydroxylation is 1. The molecule has 2 aromatic rings. The predicted molar refractivity (Wildman–Crippen MR) is 71.1 cm³/mol. The number of benzene rings is 1. The zero-order valence-electron chi connectivity index (χ0n) is 9.78. The smallest absolute Gasteiger partial charge is 0.169 e. The highest BCUT2D eigenvalue weighted by Crippen LogP contribution is 2.19. The highest BCUT2D eigenvalue weighted by Gasteiger charge is 2.12. The van der Waals surface area contributed by atoms with Gasteiger partial charge in [0.1, 0.15) is 5.82 Å². The third kappa shape index (κ3) is 3.01. The van der Waals surface area contributed by atoms with Gasteiger partial charge >= 0.3 is 0 Å². The van der Waals surface area contributed by atoms with Crippen molar-refractivity contribution >= 4 is 21.7 Å². The van der Waals surface area contributed by atoms with Crippen molar-refractivity contribution in [1.29, 1.82) is 0 Å². The number of ketones is 1. The topological polar surface area (TPSA) is 30.0 Å². The fraction of sp³-hybridized carbons (Fsp3) is 0.143. The second-order valence-corrected chi connectivity index (χ2v) is 4.91. The molecule has 0 saturated carbocycles. The molecule has 1 aromatic carbocycles. The van der Waals surface area contributed by atoms with Gasteiger partial charge in [0.15, 0.2) is 5.78 Å². The van der Waals surface area contributed by atoms with E-state index in [1.807, 2.05) is 19.1 Å². The molecule has 0 bridgehead atoms. The lowest BCUT2D eigenvalue weighted by Gasteiger charge is -2.04. The molecule has 18 heavy (non-hydrogen) atoms. The maximum atomic E-state index is 12.9. The number of hydrogen-bond acceptors (Lipinski definition) is 2. The third-order valence-corrected chi connectivity index (χ3v) is 3.20. The maximum Gasteiger partial charge on any atom is 0.169 e. The van der Waals surface area contributed by atoms with Gasteiger partial charge in [-0.1, -0.05) is 6.07 Å². The van der Waals surface area contributed by atoms with Gasteiger partial charge in [-0.05, 0) is 52.7 Å². The van der Waals surface area contributed by atoms with Crippen LogP contribution in [0.3, 0.4) is 0 Å². The van der Waals surface area contributed by atoms with E-state index in [0.717, 1.165) is 5.56 Å². The average molecular weight is 308 g/mol. The van der Waals surface area contributed by atoms with Gasteiger partial charge in [0, 0.05) is 21.9 Å². The lowest BCUT2D eigenvalue weighted by Crippen LogP contribution is -2.06. The van der Waals surface area contributed by atoms with E-state index < -0.39 is 0 Å². The second-order valence-electron chi connectivity index (χ2n) is 4.05. The van der Waals surface area contributed by atoms with Crippen LogP contribution in [0.2, 0.25) is 0 Å². The summed E-state index contributed by atoms with van der Waals surface area (Å²) in [4.78, 5) is 16.2. The summed E-state index contributed by atoms with van der Waals surface area (Å²) in [6.45, 7) is 1.94. The first-order chi connectivity index (χ1) is 8.56. The summed E-state index contributed by atoms with van der Waals surface area (Å²) in [6, 6.07) is 7.78. The van der Waals surface area contributed by atoms with Crippen molar-refractivity contribution in [1.82, 2.24) is 4.98 Å². The van der Waals surface area contributed by atoms with Gasteiger partial charge in [-0.3, -0.25) is 9.78 Å². The Kier molecular flexibility index (Phi) is 3.87. The zero-order valence-corrected chi connectivity index (χ0v) is 11.4. The standard InChI is InChI=1S/C14H11BrFNO/c1-9-2-4-11(17-8-9)7-14(18)12-5-3-10(16)6-13(12)15/h2-6,8H,7H2,1H3. The van der Waals surface area contributed by atoms with E-state index in [9.17, 15) is 9.18 Å². The molecule has 92 valence electrons. The maximum absolute atomic E-state index is 12.9. The van der Waals surface area contributed by atoms with E-state index in [1.54, 1.807) is 6.20 Å². The summed E-state index contributed by atoms with van der Waals surface area (Å²) in [5, 5.41) is 0. The van der Waals surface area contributed by atoms with Crippen LogP contribution in [0.15, 0.2) is 41.0 Å². The molecule has 0 radical (unpaired) electrons. The first-order valence-electron chi connectivity index (χ1n) is 5.46. The number of aromatic nitrogens is 1. The molecule has 1 aromatic heterocycles. The van der Waals surface area contributed by atoms with Crippen molar-refractivity contribution in [2.24, 2.45) is 0 Å². The summed E-state index contributed by atoms with van der Waals surface area (Å²) in [6.07, 6.45) is 1.94. The Morgan fingerprint density at radius 1 is 1.33 bits per heavy atom. The van der Waals surface area contributed by atoms with E-state index in [4.69, 9.17) is 0 Å². The van der Waals surface area contributed by atoms with Crippen LogP contribution in [-0.4, -0.2) is 10.8 Å². The Bertz CT molecular complexity index is 581. The van der Waals surface area contributed by atoms with Crippen LogP contribution in [0.5, 0.6) is 0 Å². The highest BCUT2D eigenvalue weighted by molar-refractivity contribution is 9.10. The van der Waals surface area contributed by atoms with Crippen LogP contribution in [0.4, 0.5) is 4.39 Å². The predicted octanol–water partition coefficient (Wildman–Crippen LogP) is 3.72. The Morgan fingerprint density at radius 2 is 2.11 bits per heavy atom. The number of hydrogen-bond donors (Lipinski definition) is 0.